The van der Waals surface area contributed by atoms with Gasteiger partial charge in [0.15, 0.2) is 0 Å². The molecule has 0 amide bonds. The Morgan fingerprint density at radius 1 is 1.62 bits per heavy atom. The number of imidazole rings is 1. The Kier molecular flexibility index (Phi) is 4.49. The lowest BCUT2D eigenvalue weighted by molar-refractivity contribution is -0.144. The number of carbonyl (C=O) groups is 1. The molecule has 5 nitrogen and oxygen atoms in total. The highest BCUT2D eigenvalue weighted by molar-refractivity contribution is 5.70. The van der Waals surface area contributed by atoms with Gasteiger partial charge in [0.2, 0.25) is 0 Å². The highest BCUT2D eigenvalue weighted by atomic mass is 16.4. The zero-order valence-electron chi connectivity index (χ0n) is 9.63. The van der Waals surface area contributed by atoms with E-state index in [2.05, 4.69) is 4.98 Å². The van der Waals surface area contributed by atoms with Gasteiger partial charge in [0, 0.05) is 31.5 Å². The van der Waals surface area contributed by atoms with E-state index in [-0.39, 0.29) is 12.5 Å². The highest BCUT2D eigenvalue weighted by Crippen LogP contribution is 2.20. The van der Waals surface area contributed by atoms with Crippen molar-refractivity contribution in [2.75, 3.05) is 6.61 Å². The Labute approximate surface area is 94.7 Å². The van der Waals surface area contributed by atoms with E-state index in [1.807, 2.05) is 18.5 Å². The van der Waals surface area contributed by atoms with Crippen LogP contribution in [0.15, 0.2) is 12.5 Å². The minimum atomic E-state index is -0.844. The van der Waals surface area contributed by atoms with Crippen LogP contribution in [0.2, 0.25) is 0 Å². The van der Waals surface area contributed by atoms with Crippen molar-refractivity contribution in [2.45, 2.75) is 19.8 Å². The molecule has 0 aliphatic carbocycles. The van der Waals surface area contributed by atoms with E-state index < -0.39 is 11.9 Å². The molecule has 1 unspecified atom stereocenters. The van der Waals surface area contributed by atoms with Crippen LogP contribution in [-0.4, -0.2) is 32.3 Å². The van der Waals surface area contributed by atoms with Gasteiger partial charge in [-0.25, -0.2) is 4.98 Å². The van der Waals surface area contributed by atoms with Crippen molar-refractivity contribution in [2.24, 2.45) is 18.9 Å². The Hall–Kier alpha value is -1.36. The third kappa shape index (κ3) is 2.82. The topological polar surface area (TPSA) is 75.3 Å². The monoisotopic (exact) mass is 226 g/mol. The molecule has 0 radical (unpaired) electrons. The first kappa shape index (κ1) is 12.7. The van der Waals surface area contributed by atoms with Gasteiger partial charge in [-0.2, -0.15) is 0 Å². The number of aryl methyl sites for hydroxylation is 1. The van der Waals surface area contributed by atoms with Crippen LogP contribution in [0.1, 0.15) is 19.0 Å². The first-order chi connectivity index (χ1) is 7.60. The average molecular weight is 226 g/mol. The first-order valence-electron chi connectivity index (χ1n) is 5.39. The second-order valence-electron chi connectivity index (χ2n) is 4.00. The number of aromatic nitrogens is 2. The number of hydrogen-bond acceptors (Lipinski definition) is 3. The number of aliphatic hydroxyl groups is 1. The summed E-state index contributed by atoms with van der Waals surface area (Å²) in [4.78, 5) is 15.0. The Balaban J connectivity index is 2.75. The normalized spacial score (nSPS) is 14.7. The Bertz CT molecular complexity index is 349. The van der Waals surface area contributed by atoms with Gasteiger partial charge in [0.1, 0.15) is 0 Å². The van der Waals surface area contributed by atoms with Crippen LogP contribution in [0.4, 0.5) is 0 Å². The van der Waals surface area contributed by atoms with E-state index in [9.17, 15) is 9.90 Å². The minimum Gasteiger partial charge on any atom is -0.481 e. The molecule has 1 rings (SSSR count). The molecule has 0 fully saturated rings. The van der Waals surface area contributed by atoms with Gasteiger partial charge in [-0.05, 0) is 12.8 Å². The summed E-state index contributed by atoms with van der Waals surface area (Å²) >= 11 is 0. The van der Waals surface area contributed by atoms with Gasteiger partial charge < -0.3 is 14.8 Å². The van der Waals surface area contributed by atoms with Crippen LogP contribution in [0.3, 0.4) is 0 Å². The maximum Gasteiger partial charge on any atom is 0.306 e. The Morgan fingerprint density at radius 2 is 2.31 bits per heavy atom. The van der Waals surface area contributed by atoms with Crippen molar-refractivity contribution in [1.82, 2.24) is 9.55 Å². The molecule has 0 saturated carbocycles. The number of carboxylic acids is 1. The van der Waals surface area contributed by atoms with E-state index in [0.29, 0.717) is 12.8 Å². The molecule has 0 aliphatic heterocycles. The second-order valence-corrected chi connectivity index (χ2v) is 4.00. The number of aliphatic hydroxyl groups excluding tert-OH is 1. The lowest BCUT2D eigenvalue weighted by Crippen LogP contribution is -2.28. The van der Waals surface area contributed by atoms with Gasteiger partial charge in [-0.15, -0.1) is 0 Å². The maximum absolute atomic E-state index is 11.0. The SMILES string of the molecule is CC[C@H](C(=O)O)C(CO)Cc1cncn1C. The van der Waals surface area contributed by atoms with E-state index in [4.69, 9.17) is 5.11 Å². The molecule has 2 N–H and O–H groups in total. The molecule has 90 valence electrons. The second kappa shape index (κ2) is 5.65. The largest absolute Gasteiger partial charge is 0.481 e. The maximum atomic E-state index is 11.0. The summed E-state index contributed by atoms with van der Waals surface area (Å²) in [6.45, 7) is 1.71. The lowest BCUT2D eigenvalue weighted by Gasteiger charge is -2.20. The van der Waals surface area contributed by atoms with Crippen molar-refractivity contribution >= 4 is 5.97 Å². The first-order valence-corrected chi connectivity index (χ1v) is 5.39. The molecule has 0 bridgehead atoms. The van der Waals surface area contributed by atoms with Crippen LogP contribution in [0.25, 0.3) is 0 Å². The number of aliphatic carboxylic acids is 1. The minimum absolute atomic E-state index is 0.115. The fraction of sp³-hybridized carbons (Fsp3) is 0.636. The summed E-state index contributed by atoms with van der Waals surface area (Å²) in [5.41, 5.74) is 0.943. The summed E-state index contributed by atoms with van der Waals surface area (Å²) in [6.07, 6.45) is 4.44. The van der Waals surface area contributed by atoms with Crippen molar-refractivity contribution in [3.05, 3.63) is 18.2 Å². The van der Waals surface area contributed by atoms with Crippen molar-refractivity contribution in [3.63, 3.8) is 0 Å². The fourth-order valence-corrected chi connectivity index (χ4v) is 1.89. The van der Waals surface area contributed by atoms with Gasteiger partial charge >= 0.3 is 5.97 Å². The zero-order chi connectivity index (χ0) is 12.1. The molecule has 0 aromatic carbocycles. The summed E-state index contributed by atoms with van der Waals surface area (Å²) in [5.74, 6) is -1.60. The number of hydrogen-bond donors (Lipinski definition) is 2. The predicted octanol–water partition coefficient (Wildman–Crippen LogP) is 0.682. The van der Waals surface area contributed by atoms with Crippen LogP contribution in [0.5, 0.6) is 0 Å². The molecule has 0 aliphatic rings. The molecule has 5 heteroatoms. The smallest absolute Gasteiger partial charge is 0.306 e. The van der Waals surface area contributed by atoms with E-state index >= 15 is 0 Å². The molecule has 1 aromatic heterocycles. The Morgan fingerprint density at radius 3 is 2.69 bits per heavy atom. The van der Waals surface area contributed by atoms with Gasteiger partial charge in [0.05, 0.1) is 12.2 Å². The van der Waals surface area contributed by atoms with E-state index in [1.165, 1.54) is 0 Å². The summed E-state index contributed by atoms with van der Waals surface area (Å²) in [5, 5.41) is 18.3. The summed E-state index contributed by atoms with van der Waals surface area (Å²) < 4.78 is 1.84. The third-order valence-electron chi connectivity index (χ3n) is 2.95. The summed E-state index contributed by atoms with van der Waals surface area (Å²) in [7, 11) is 1.86. The molecule has 0 spiro atoms. The quantitative estimate of drug-likeness (QED) is 0.748. The number of carboxylic acid groups (broad SMARTS) is 1. The molecule has 16 heavy (non-hydrogen) atoms. The highest BCUT2D eigenvalue weighted by Gasteiger charge is 2.26. The summed E-state index contributed by atoms with van der Waals surface area (Å²) in [6, 6.07) is 0. The fourth-order valence-electron chi connectivity index (χ4n) is 1.89. The standard InChI is InChI=1S/C11H18N2O3/c1-3-10(11(15)16)8(6-14)4-9-5-12-7-13(9)2/h5,7-8,10,14H,3-4,6H2,1-2H3,(H,15,16)/t8?,10-/m0/s1. The van der Waals surface area contributed by atoms with Crippen LogP contribution >= 0.6 is 0 Å². The number of nitrogens with zero attached hydrogens (tertiary/aromatic N) is 2. The van der Waals surface area contributed by atoms with Gasteiger partial charge in [-0.1, -0.05) is 6.92 Å². The molecule has 1 aromatic rings. The number of rotatable bonds is 6. The van der Waals surface area contributed by atoms with Crippen molar-refractivity contribution < 1.29 is 15.0 Å². The zero-order valence-corrected chi connectivity index (χ0v) is 9.63. The van der Waals surface area contributed by atoms with E-state index in [1.54, 1.807) is 12.5 Å². The van der Waals surface area contributed by atoms with Crippen molar-refractivity contribution in [3.8, 4) is 0 Å². The van der Waals surface area contributed by atoms with Crippen LogP contribution in [-0.2, 0) is 18.3 Å². The predicted molar refractivity (Wildman–Crippen MR) is 58.9 cm³/mol. The van der Waals surface area contributed by atoms with E-state index in [0.717, 1.165) is 5.69 Å². The van der Waals surface area contributed by atoms with Gasteiger partial charge in [0.25, 0.3) is 0 Å². The average Bonchev–Trinajstić information content (AvgIpc) is 2.63. The molecule has 0 saturated heterocycles. The molecule has 2 atom stereocenters. The van der Waals surface area contributed by atoms with Crippen LogP contribution in [0, 0.1) is 11.8 Å². The molecular formula is C11H18N2O3. The van der Waals surface area contributed by atoms with Crippen LogP contribution < -0.4 is 0 Å². The van der Waals surface area contributed by atoms with Gasteiger partial charge in [-0.3, -0.25) is 4.79 Å². The lowest BCUT2D eigenvalue weighted by atomic mass is 9.87. The molecular weight excluding hydrogens is 208 g/mol. The molecule has 1 heterocycles. The van der Waals surface area contributed by atoms with Crippen molar-refractivity contribution in [1.29, 1.82) is 0 Å². The third-order valence-corrected chi connectivity index (χ3v) is 2.95.